The van der Waals surface area contributed by atoms with Crippen molar-refractivity contribution in [1.29, 1.82) is 0 Å². The number of benzene rings is 9. The summed E-state index contributed by atoms with van der Waals surface area (Å²) in [5.41, 5.74) is 15.8. The predicted molar refractivity (Wildman–Crippen MR) is 232 cm³/mol. The molecule has 0 saturated carbocycles. The van der Waals surface area contributed by atoms with Gasteiger partial charge in [-0.3, -0.25) is 0 Å². The van der Waals surface area contributed by atoms with Gasteiger partial charge in [0.15, 0.2) is 0 Å². The van der Waals surface area contributed by atoms with Crippen LogP contribution in [0.15, 0.2) is 188 Å². The van der Waals surface area contributed by atoms with Crippen LogP contribution in [-0.4, -0.2) is 0 Å². The molecule has 0 heteroatoms. The molecule has 54 heavy (non-hydrogen) atoms. The van der Waals surface area contributed by atoms with Gasteiger partial charge < -0.3 is 0 Å². The molecule has 0 aromatic heterocycles. The lowest BCUT2D eigenvalue weighted by Gasteiger charge is -2.25. The molecule has 0 N–H and O–H groups in total. The van der Waals surface area contributed by atoms with Gasteiger partial charge in [0.2, 0.25) is 0 Å². The Kier molecular flexibility index (Phi) is 7.67. The van der Waals surface area contributed by atoms with Gasteiger partial charge in [-0.1, -0.05) is 208 Å². The molecule has 0 amide bonds. The first-order valence-corrected chi connectivity index (χ1v) is 19.1. The van der Waals surface area contributed by atoms with Crippen molar-refractivity contribution in [1.82, 2.24) is 0 Å². The first-order chi connectivity index (χ1) is 26.6. The maximum absolute atomic E-state index is 2.37. The van der Waals surface area contributed by atoms with Gasteiger partial charge in [-0.05, 0) is 105 Å². The Balaban J connectivity index is 1.02. The maximum atomic E-state index is 2.37. The molecule has 0 unspecified atom stereocenters. The molecule has 0 atom stereocenters. The lowest BCUT2D eigenvalue weighted by atomic mass is 9.78. The average Bonchev–Trinajstić information content (AvgIpc) is 3.47. The van der Waals surface area contributed by atoms with E-state index in [4.69, 9.17) is 0 Å². The van der Waals surface area contributed by atoms with Crippen molar-refractivity contribution in [2.75, 3.05) is 0 Å². The highest BCUT2D eigenvalue weighted by atomic mass is 14.4. The zero-order chi connectivity index (χ0) is 36.2. The van der Waals surface area contributed by atoms with Crippen LogP contribution in [0.4, 0.5) is 0 Å². The van der Waals surface area contributed by atoms with E-state index >= 15 is 0 Å². The van der Waals surface area contributed by atoms with E-state index in [9.17, 15) is 0 Å². The Hall–Kier alpha value is -6.50. The first-order valence-electron chi connectivity index (χ1n) is 19.1. The summed E-state index contributed by atoms with van der Waals surface area (Å²) in [6.07, 6.45) is 5.46. The van der Waals surface area contributed by atoms with E-state index < -0.39 is 0 Å². The number of fused-ring (bicyclic) bond motifs is 7. The van der Waals surface area contributed by atoms with Crippen LogP contribution >= 0.6 is 0 Å². The van der Waals surface area contributed by atoms with E-state index in [0.29, 0.717) is 0 Å². The first kappa shape index (κ1) is 32.2. The van der Waals surface area contributed by atoms with Crippen LogP contribution in [0.5, 0.6) is 0 Å². The lowest BCUT2D eigenvalue weighted by molar-refractivity contribution is 0.662. The summed E-state index contributed by atoms with van der Waals surface area (Å²) in [7, 11) is 0. The van der Waals surface area contributed by atoms with Crippen LogP contribution < -0.4 is 0 Å². The molecular formula is C54H40. The number of allylic oxidation sites excluding steroid dienone is 1. The number of hydrogen-bond donors (Lipinski definition) is 0. The molecular weight excluding hydrogens is 649 g/mol. The topological polar surface area (TPSA) is 0 Å². The third-order valence-corrected chi connectivity index (χ3v) is 11.7. The normalized spacial score (nSPS) is 13.1. The van der Waals surface area contributed by atoms with Gasteiger partial charge >= 0.3 is 0 Å². The van der Waals surface area contributed by atoms with Crippen molar-refractivity contribution < 1.29 is 0 Å². The van der Waals surface area contributed by atoms with Gasteiger partial charge in [-0.25, -0.2) is 0 Å². The van der Waals surface area contributed by atoms with Crippen molar-refractivity contribution in [3.05, 3.63) is 210 Å². The molecule has 0 aliphatic heterocycles. The van der Waals surface area contributed by atoms with E-state index in [1.54, 1.807) is 0 Å². The highest BCUT2D eigenvalue weighted by molar-refractivity contribution is 6.27. The Labute approximate surface area is 317 Å². The Morgan fingerprint density at radius 2 is 1.02 bits per heavy atom. The van der Waals surface area contributed by atoms with Gasteiger partial charge in [-0.2, -0.15) is 0 Å². The summed E-state index contributed by atoms with van der Waals surface area (Å²) in [6, 6.07) is 67.1. The average molecular weight is 689 g/mol. The molecule has 0 nitrogen and oxygen atoms in total. The highest BCUT2D eigenvalue weighted by Gasteiger charge is 2.37. The van der Waals surface area contributed by atoms with Gasteiger partial charge in [0.1, 0.15) is 0 Å². The minimum Gasteiger partial charge on any atom is -0.0795 e. The summed E-state index contributed by atoms with van der Waals surface area (Å²) >= 11 is 0. The van der Waals surface area contributed by atoms with Gasteiger partial charge in [-0.15, -0.1) is 0 Å². The minimum absolute atomic E-state index is 0.0567. The van der Waals surface area contributed by atoms with Gasteiger partial charge in [0.05, 0.1) is 0 Å². The Bertz CT molecular complexity index is 2900. The number of rotatable bonds is 6. The molecule has 256 valence electrons. The SMILES string of the molecule is CC1(C)c2ccccc2-c2cccc(-c3ccccc3C/C=C/c3ccc(-c4c5ccccc5c(-c5ccccc5)c5c4ccc4ccccc45)cc3)c21. The monoisotopic (exact) mass is 688 g/mol. The number of hydrogen-bond acceptors (Lipinski definition) is 0. The molecule has 0 saturated heterocycles. The van der Waals surface area contributed by atoms with Crippen molar-refractivity contribution in [2.45, 2.75) is 25.7 Å². The molecule has 0 bridgehead atoms. The van der Waals surface area contributed by atoms with Gasteiger partial charge in [0, 0.05) is 5.41 Å². The molecule has 10 rings (SSSR count). The molecule has 0 radical (unpaired) electrons. The smallest absolute Gasteiger partial charge is 0.0165 e. The van der Waals surface area contributed by atoms with Crippen LogP contribution in [-0.2, 0) is 11.8 Å². The lowest BCUT2D eigenvalue weighted by Crippen LogP contribution is -2.16. The predicted octanol–water partition coefficient (Wildman–Crippen LogP) is 14.7. The van der Waals surface area contributed by atoms with E-state index in [-0.39, 0.29) is 5.41 Å². The molecule has 9 aromatic carbocycles. The molecule has 0 fully saturated rings. The van der Waals surface area contributed by atoms with Crippen LogP contribution in [0, 0.1) is 0 Å². The quantitative estimate of drug-likeness (QED) is 0.120. The molecule has 0 spiro atoms. The maximum Gasteiger partial charge on any atom is 0.0165 e. The largest absolute Gasteiger partial charge is 0.0795 e. The zero-order valence-corrected chi connectivity index (χ0v) is 30.7. The molecule has 1 aliphatic carbocycles. The Morgan fingerprint density at radius 3 is 1.81 bits per heavy atom. The van der Waals surface area contributed by atoms with Crippen molar-refractivity contribution in [3.8, 4) is 44.5 Å². The second kappa shape index (κ2) is 12.9. The second-order valence-corrected chi connectivity index (χ2v) is 15.2. The van der Waals surface area contributed by atoms with E-state index in [0.717, 1.165) is 6.42 Å². The second-order valence-electron chi connectivity index (χ2n) is 15.2. The fourth-order valence-corrected chi connectivity index (χ4v) is 9.28. The summed E-state index contributed by atoms with van der Waals surface area (Å²) in [6.45, 7) is 4.75. The fourth-order valence-electron chi connectivity index (χ4n) is 9.28. The zero-order valence-electron chi connectivity index (χ0n) is 30.7. The van der Waals surface area contributed by atoms with Crippen LogP contribution in [0.2, 0.25) is 0 Å². The van der Waals surface area contributed by atoms with Gasteiger partial charge in [0.25, 0.3) is 0 Å². The summed E-state index contributed by atoms with van der Waals surface area (Å²) in [4.78, 5) is 0. The van der Waals surface area contributed by atoms with Crippen molar-refractivity contribution in [2.24, 2.45) is 0 Å². The summed E-state index contributed by atoms with van der Waals surface area (Å²) in [5, 5.41) is 7.70. The van der Waals surface area contributed by atoms with E-state index in [2.05, 4.69) is 208 Å². The van der Waals surface area contributed by atoms with E-state index in [1.807, 2.05) is 0 Å². The molecule has 1 aliphatic rings. The Morgan fingerprint density at radius 1 is 0.426 bits per heavy atom. The third-order valence-electron chi connectivity index (χ3n) is 11.7. The summed E-state index contributed by atoms with van der Waals surface area (Å²) in [5.74, 6) is 0. The highest BCUT2D eigenvalue weighted by Crippen LogP contribution is 2.52. The minimum atomic E-state index is -0.0567. The van der Waals surface area contributed by atoms with Crippen LogP contribution in [0.25, 0.3) is 82.9 Å². The van der Waals surface area contributed by atoms with Crippen molar-refractivity contribution in [3.63, 3.8) is 0 Å². The fraction of sp³-hybridized carbons (Fsp3) is 0.0741. The summed E-state index contributed by atoms with van der Waals surface area (Å²) < 4.78 is 0. The third kappa shape index (κ3) is 5.13. The molecule has 0 heterocycles. The van der Waals surface area contributed by atoms with Crippen LogP contribution in [0.3, 0.4) is 0 Å². The standard InChI is InChI=1S/C54H40/c1-54(2)49-29-13-12-24-43(49)47-28-15-27-46(53(47)54)41-22-8-6-17-37(41)21-14-16-36-30-32-40(33-31-36)50-44-25-10-11-26-45(44)51(39-19-4-3-5-20-39)52-42-23-9-7-18-38(42)34-35-48(50)52/h3-20,22-35H,21H2,1-2H3/b16-14+. The molecule has 9 aromatic rings. The van der Waals surface area contributed by atoms with Crippen molar-refractivity contribution >= 4 is 38.4 Å². The van der Waals surface area contributed by atoms with Crippen LogP contribution in [0.1, 0.15) is 36.1 Å². The van der Waals surface area contributed by atoms with E-state index in [1.165, 1.54) is 99.1 Å².